The van der Waals surface area contributed by atoms with Crippen LogP contribution >= 0.6 is 11.8 Å². The lowest BCUT2D eigenvalue weighted by atomic mass is 10.2. The molecule has 6 nitrogen and oxygen atoms in total. The lowest BCUT2D eigenvalue weighted by Gasteiger charge is -2.09. The van der Waals surface area contributed by atoms with Crippen LogP contribution in [0.15, 0.2) is 23.4 Å². The highest BCUT2D eigenvalue weighted by Gasteiger charge is 2.15. The quantitative estimate of drug-likeness (QED) is 0.646. The first-order valence-electron chi connectivity index (χ1n) is 5.24. The Hall–Kier alpha value is -1.60. The third-order valence-corrected chi connectivity index (χ3v) is 2.91. The number of hydrogen-bond acceptors (Lipinski definition) is 5. The molecular formula is C11H14N2O4S. The minimum atomic E-state index is -1.46. The lowest BCUT2D eigenvalue weighted by Crippen LogP contribution is -2.30. The Labute approximate surface area is 108 Å². The summed E-state index contributed by atoms with van der Waals surface area (Å²) in [6, 6.07) is 3.29. The van der Waals surface area contributed by atoms with Gasteiger partial charge in [0.05, 0.1) is 5.56 Å². The monoisotopic (exact) mass is 270 g/mol. The molecule has 1 aromatic rings. The van der Waals surface area contributed by atoms with E-state index in [1.54, 1.807) is 18.3 Å². The van der Waals surface area contributed by atoms with Crippen LogP contribution in [-0.4, -0.2) is 46.0 Å². The number of amides is 1. The average molecular weight is 270 g/mol. The van der Waals surface area contributed by atoms with E-state index in [1.807, 2.05) is 6.26 Å². The average Bonchev–Trinajstić information content (AvgIpc) is 2.38. The third-order valence-electron chi connectivity index (χ3n) is 2.20. The molecule has 1 aromatic heterocycles. The van der Waals surface area contributed by atoms with Crippen LogP contribution in [-0.2, 0) is 4.79 Å². The number of aromatic nitrogens is 1. The standard InChI is InChI=1S/C11H14N2O4S/c1-18-10-7(3-2-5-13-10)9(15)12-6-4-8(14)11(16)17/h2-3,5,8,14H,4,6H2,1H3,(H,12,15)(H,16,17)/t8-/m0/s1. The van der Waals surface area contributed by atoms with Gasteiger partial charge in [-0.15, -0.1) is 11.8 Å². The van der Waals surface area contributed by atoms with E-state index in [1.165, 1.54) is 11.8 Å². The summed E-state index contributed by atoms with van der Waals surface area (Å²) in [5, 5.41) is 20.7. The van der Waals surface area contributed by atoms with E-state index < -0.39 is 12.1 Å². The van der Waals surface area contributed by atoms with Crippen molar-refractivity contribution in [2.24, 2.45) is 0 Å². The van der Waals surface area contributed by atoms with Gasteiger partial charge in [0.2, 0.25) is 0 Å². The molecule has 0 radical (unpaired) electrons. The van der Waals surface area contributed by atoms with Crippen LogP contribution < -0.4 is 5.32 Å². The summed E-state index contributed by atoms with van der Waals surface area (Å²) in [6.45, 7) is 0.0923. The molecule has 0 fully saturated rings. The molecule has 3 N–H and O–H groups in total. The summed E-state index contributed by atoms with van der Waals surface area (Å²) in [6.07, 6.45) is 1.92. The highest BCUT2D eigenvalue weighted by atomic mass is 32.2. The molecule has 0 unspecified atom stereocenters. The van der Waals surface area contributed by atoms with Gasteiger partial charge >= 0.3 is 5.97 Å². The van der Waals surface area contributed by atoms with Gasteiger partial charge in [0.15, 0.2) is 6.10 Å². The van der Waals surface area contributed by atoms with Gasteiger partial charge in [-0.1, -0.05) is 0 Å². The number of pyridine rings is 1. The molecule has 18 heavy (non-hydrogen) atoms. The predicted octanol–water partition coefficient (Wildman–Crippen LogP) is 0.369. The molecule has 98 valence electrons. The van der Waals surface area contributed by atoms with Crippen molar-refractivity contribution in [1.82, 2.24) is 10.3 Å². The van der Waals surface area contributed by atoms with Gasteiger partial charge in [0.1, 0.15) is 5.03 Å². The summed E-state index contributed by atoms with van der Waals surface area (Å²) in [5.74, 6) is -1.62. The van der Waals surface area contributed by atoms with Crippen molar-refractivity contribution in [3.63, 3.8) is 0 Å². The number of aliphatic hydroxyl groups is 1. The fourth-order valence-corrected chi connectivity index (χ4v) is 1.81. The Morgan fingerprint density at radius 1 is 1.56 bits per heavy atom. The highest BCUT2D eigenvalue weighted by molar-refractivity contribution is 7.98. The maximum Gasteiger partial charge on any atom is 0.332 e. The number of carboxylic acid groups (broad SMARTS) is 1. The molecule has 7 heteroatoms. The fraction of sp³-hybridized carbons (Fsp3) is 0.364. The zero-order chi connectivity index (χ0) is 13.5. The zero-order valence-corrected chi connectivity index (χ0v) is 10.6. The Bertz CT molecular complexity index is 439. The predicted molar refractivity (Wildman–Crippen MR) is 66.6 cm³/mol. The maximum atomic E-state index is 11.8. The van der Waals surface area contributed by atoms with Crippen LogP contribution in [0.2, 0.25) is 0 Å². The van der Waals surface area contributed by atoms with Gasteiger partial charge in [0, 0.05) is 19.2 Å². The minimum Gasteiger partial charge on any atom is -0.479 e. The number of carbonyl (C=O) groups excluding carboxylic acids is 1. The summed E-state index contributed by atoms with van der Waals surface area (Å²) in [4.78, 5) is 26.2. The molecule has 0 aliphatic carbocycles. The first-order chi connectivity index (χ1) is 8.56. The number of nitrogens with zero attached hydrogens (tertiary/aromatic N) is 1. The molecule has 0 saturated carbocycles. The van der Waals surface area contributed by atoms with E-state index >= 15 is 0 Å². The molecular weight excluding hydrogens is 256 g/mol. The van der Waals surface area contributed by atoms with Gasteiger partial charge in [0.25, 0.3) is 5.91 Å². The second kappa shape index (κ2) is 6.97. The van der Waals surface area contributed by atoms with Crippen molar-refractivity contribution in [3.8, 4) is 0 Å². The number of hydrogen-bond donors (Lipinski definition) is 3. The third kappa shape index (κ3) is 4.01. The van der Waals surface area contributed by atoms with Crippen LogP contribution in [0, 0.1) is 0 Å². The lowest BCUT2D eigenvalue weighted by molar-refractivity contribution is -0.146. The van der Waals surface area contributed by atoms with Gasteiger partial charge in [-0.3, -0.25) is 4.79 Å². The fourth-order valence-electron chi connectivity index (χ4n) is 1.27. The van der Waals surface area contributed by atoms with Crippen molar-refractivity contribution >= 4 is 23.6 Å². The van der Waals surface area contributed by atoms with Crippen LogP contribution in [0.3, 0.4) is 0 Å². The molecule has 1 heterocycles. The van der Waals surface area contributed by atoms with Crippen molar-refractivity contribution < 1.29 is 19.8 Å². The molecule has 0 saturated heterocycles. The summed E-state index contributed by atoms with van der Waals surface area (Å²) in [5.41, 5.74) is 0.440. The minimum absolute atomic E-state index is 0.0318. The van der Waals surface area contributed by atoms with Crippen LogP contribution in [0.5, 0.6) is 0 Å². The van der Waals surface area contributed by atoms with Crippen molar-refractivity contribution in [2.45, 2.75) is 17.6 Å². The van der Waals surface area contributed by atoms with E-state index in [4.69, 9.17) is 10.2 Å². The molecule has 0 aliphatic rings. The maximum absolute atomic E-state index is 11.8. The first-order valence-corrected chi connectivity index (χ1v) is 6.46. The topological polar surface area (TPSA) is 99.5 Å². The SMILES string of the molecule is CSc1ncccc1C(=O)NCC[C@H](O)C(=O)O. The molecule has 1 rings (SSSR count). The summed E-state index contributed by atoms with van der Waals surface area (Å²) >= 11 is 1.35. The van der Waals surface area contributed by atoms with Crippen LogP contribution in [0.25, 0.3) is 0 Å². The number of rotatable bonds is 6. The molecule has 0 spiro atoms. The smallest absolute Gasteiger partial charge is 0.332 e. The van der Waals surface area contributed by atoms with Crippen molar-refractivity contribution in [1.29, 1.82) is 0 Å². The Kier molecular flexibility index (Phi) is 5.60. The molecule has 0 bridgehead atoms. The van der Waals surface area contributed by atoms with Gasteiger partial charge in [-0.25, -0.2) is 9.78 Å². The van der Waals surface area contributed by atoms with E-state index in [0.717, 1.165) is 0 Å². The summed E-state index contributed by atoms with van der Waals surface area (Å²) in [7, 11) is 0. The number of carboxylic acids is 1. The second-order valence-corrected chi connectivity index (χ2v) is 4.25. The number of nitrogens with one attached hydrogen (secondary N) is 1. The van der Waals surface area contributed by atoms with E-state index in [0.29, 0.717) is 10.6 Å². The molecule has 0 aromatic carbocycles. The number of aliphatic carboxylic acids is 1. The van der Waals surface area contributed by atoms with Crippen molar-refractivity contribution in [3.05, 3.63) is 23.9 Å². The Morgan fingerprint density at radius 3 is 2.89 bits per heavy atom. The zero-order valence-electron chi connectivity index (χ0n) is 9.79. The largest absolute Gasteiger partial charge is 0.479 e. The molecule has 1 atom stereocenters. The van der Waals surface area contributed by atoms with E-state index in [9.17, 15) is 9.59 Å². The van der Waals surface area contributed by atoms with E-state index in [2.05, 4.69) is 10.3 Å². The number of aliphatic hydroxyl groups excluding tert-OH is 1. The Balaban J connectivity index is 2.53. The summed E-state index contributed by atoms with van der Waals surface area (Å²) < 4.78 is 0. The van der Waals surface area contributed by atoms with E-state index in [-0.39, 0.29) is 18.9 Å². The molecule has 1 amide bonds. The Morgan fingerprint density at radius 2 is 2.28 bits per heavy atom. The highest BCUT2D eigenvalue weighted by Crippen LogP contribution is 2.16. The van der Waals surface area contributed by atoms with Crippen LogP contribution in [0.4, 0.5) is 0 Å². The van der Waals surface area contributed by atoms with Crippen molar-refractivity contribution in [2.75, 3.05) is 12.8 Å². The first kappa shape index (κ1) is 14.5. The normalized spacial score (nSPS) is 11.9. The second-order valence-electron chi connectivity index (χ2n) is 3.46. The molecule has 0 aliphatic heterocycles. The van der Waals surface area contributed by atoms with Gasteiger partial charge in [-0.05, 0) is 18.4 Å². The van der Waals surface area contributed by atoms with Gasteiger partial charge in [-0.2, -0.15) is 0 Å². The van der Waals surface area contributed by atoms with Crippen LogP contribution in [0.1, 0.15) is 16.8 Å². The number of carbonyl (C=O) groups is 2. The number of thioether (sulfide) groups is 1. The van der Waals surface area contributed by atoms with Gasteiger partial charge < -0.3 is 15.5 Å².